The number of hydrogen-bond donors (Lipinski definition) is 2. The molecule has 2 N–H and O–H groups in total. The number of aromatic nitrogens is 1. The van der Waals surface area contributed by atoms with Gasteiger partial charge in [-0.1, -0.05) is 11.6 Å². The van der Waals surface area contributed by atoms with E-state index in [4.69, 9.17) is 11.6 Å². The summed E-state index contributed by atoms with van der Waals surface area (Å²) in [6, 6.07) is 1.60. The van der Waals surface area contributed by atoms with Crippen molar-refractivity contribution in [1.29, 1.82) is 0 Å². The highest BCUT2D eigenvalue weighted by Crippen LogP contribution is 2.12. The maximum absolute atomic E-state index is 11.4. The maximum Gasteiger partial charge on any atom is 0.236 e. The largest absolute Gasteiger partial charge is 0.355 e. The molecule has 0 saturated heterocycles. The molecule has 1 aromatic heterocycles. The number of likely N-dealkylation sites (N-methyl/N-ethyl adjacent to an activating group) is 1. The molecule has 16 heavy (non-hydrogen) atoms. The van der Waals surface area contributed by atoms with Crippen molar-refractivity contribution in [2.75, 3.05) is 6.54 Å². The van der Waals surface area contributed by atoms with E-state index in [1.165, 1.54) is 0 Å². The molecule has 1 atom stereocenters. The van der Waals surface area contributed by atoms with Crippen LogP contribution in [-0.4, -0.2) is 23.5 Å². The normalized spacial score (nSPS) is 12.2. The highest BCUT2D eigenvalue weighted by Gasteiger charge is 2.11. The number of carbonyl (C=O) groups is 1. The van der Waals surface area contributed by atoms with E-state index in [1.807, 2.05) is 19.9 Å². The summed E-state index contributed by atoms with van der Waals surface area (Å²) in [5.74, 6) is -0.00678. The fraction of sp³-hybridized carbons (Fsp3) is 0.455. The molecule has 1 rings (SSSR count). The Balaban J connectivity index is 2.46. The van der Waals surface area contributed by atoms with Gasteiger partial charge in [0.05, 0.1) is 11.1 Å². The molecule has 0 aromatic carbocycles. The second kappa shape index (κ2) is 6.45. The van der Waals surface area contributed by atoms with E-state index in [-0.39, 0.29) is 11.9 Å². The van der Waals surface area contributed by atoms with Gasteiger partial charge in [0.2, 0.25) is 5.91 Å². The minimum absolute atomic E-state index is 0.00678. The zero-order valence-electron chi connectivity index (χ0n) is 9.46. The van der Waals surface area contributed by atoms with Gasteiger partial charge in [-0.2, -0.15) is 0 Å². The molecule has 88 valence electrons. The highest BCUT2D eigenvalue weighted by molar-refractivity contribution is 6.31. The number of nitrogens with one attached hydrogen (secondary N) is 2. The SMILES string of the molecule is CCNC(=O)C(C)NCc1ccncc1Cl. The molecule has 0 saturated carbocycles. The first-order chi connectivity index (χ1) is 7.65. The van der Waals surface area contributed by atoms with Gasteiger partial charge < -0.3 is 10.6 Å². The zero-order valence-corrected chi connectivity index (χ0v) is 10.2. The first-order valence-corrected chi connectivity index (χ1v) is 5.62. The predicted molar refractivity (Wildman–Crippen MR) is 64.2 cm³/mol. The second-order valence-corrected chi connectivity index (χ2v) is 3.87. The third-order valence-corrected chi connectivity index (χ3v) is 2.54. The van der Waals surface area contributed by atoms with Crippen LogP contribution in [-0.2, 0) is 11.3 Å². The number of carbonyl (C=O) groups excluding carboxylic acids is 1. The molecule has 4 nitrogen and oxygen atoms in total. The highest BCUT2D eigenvalue weighted by atomic mass is 35.5. The van der Waals surface area contributed by atoms with Crippen molar-refractivity contribution in [2.45, 2.75) is 26.4 Å². The number of nitrogens with zero attached hydrogens (tertiary/aromatic N) is 1. The van der Waals surface area contributed by atoms with Gasteiger partial charge in [-0.15, -0.1) is 0 Å². The molecule has 1 unspecified atom stereocenters. The Morgan fingerprint density at radius 1 is 1.62 bits per heavy atom. The molecule has 1 heterocycles. The van der Waals surface area contributed by atoms with E-state index in [1.54, 1.807) is 12.4 Å². The first-order valence-electron chi connectivity index (χ1n) is 5.24. The van der Waals surface area contributed by atoms with Gasteiger partial charge in [-0.3, -0.25) is 9.78 Å². The molecular formula is C11H16ClN3O. The van der Waals surface area contributed by atoms with Gasteiger partial charge in [0.15, 0.2) is 0 Å². The lowest BCUT2D eigenvalue weighted by atomic mass is 10.2. The van der Waals surface area contributed by atoms with Crippen molar-refractivity contribution in [3.63, 3.8) is 0 Å². The fourth-order valence-corrected chi connectivity index (χ4v) is 1.42. The lowest BCUT2D eigenvalue weighted by Gasteiger charge is -2.13. The van der Waals surface area contributed by atoms with Crippen LogP contribution >= 0.6 is 11.6 Å². The summed E-state index contributed by atoms with van der Waals surface area (Å²) in [5.41, 5.74) is 0.938. The van der Waals surface area contributed by atoms with Gasteiger partial charge in [0.25, 0.3) is 0 Å². The molecule has 0 aliphatic heterocycles. The van der Waals surface area contributed by atoms with Crippen molar-refractivity contribution in [2.24, 2.45) is 0 Å². The zero-order chi connectivity index (χ0) is 12.0. The second-order valence-electron chi connectivity index (χ2n) is 3.46. The number of pyridine rings is 1. The summed E-state index contributed by atoms with van der Waals surface area (Å²) in [5, 5.41) is 6.46. The van der Waals surface area contributed by atoms with E-state index in [0.29, 0.717) is 18.1 Å². The van der Waals surface area contributed by atoms with Crippen molar-refractivity contribution >= 4 is 17.5 Å². The standard InChI is InChI=1S/C11H16ClN3O/c1-3-14-11(16)8(2)15-6-9-4-5-13-7-10(9)12/h4-5,7-8,15H,3,6H2,1-2H3,(H,14,16). The number of hydrogen-bond acceptors (Lipinski definition) is 3. The van der Waals surface area contributed by atoms with Crippen molar-refractivity contribution in [3.05, 3.63) is 29.0 Å². The Kier molecular flexibility index (Phi) is 5.22. The summed E-state index contributed by atoms with van der Waals surface area (Å²) in [4.78, 5) is 15.3. The van der Waals surface area contributed by atoms with Crippen molar-refractivity contribution in [1.82, 2.24) is 15.6 Å². The van der Waals surface area contributed by atoms with E-state index in [2.05, 4.69) is 15.6 Å². The number of amides is 1. The van der Waals surface area contributed by atoms with Gasteiger partial charge in [0.1, 0.15) is 0 Å². The average molecular weight is 242 g/mol. The Morgan fingerprint density at radius 3 is 3.00 bits per heavy atom. The molecule has 0 aliphatic carbocycles. The van der Waals surface area contributed by atoms with E-state index in [9.17, 15) is 4.79 Å². The molecule has 0 radical (unpaired) electrons. The molecule has 0 fully saturated rings. The smallest absolute Gasteiger partial charge is 0.236 e. The van der Waals surface area contributed by atoms with E-state index < -0.39 is 0 Å². The van der Waals surface area contributed by atoms with Crippen LogP contribution in [0.1, 0.15) is 19.4 Å². The van der Waals surface area contributed by atoms with Crippen LogP contribution in [0.5, 0.6) is 0 Å². The average Bonchev–Trinajstić information content (AvgIpc) is 2.28. The van der Waals surface area contributed by atoms with E-state index >= 15 is 0 Å². The molecule has 0 aliphatic rings. The Hall–Kier alpha value is -1.13. The fourth-order valence-electron chi connectivity index (χ4n) is 1.23. The lowest BCUT2D eigenvalue weighted by Crippen LogP contribution is -2.41. The Morgan fingerprint density at radius 2 is 2.38 bits per heavy atom. The van der Waals surface area contributed by atoms with Crippen LogP contribution < -0.4 is 10.6 Å². The van der Waals surface area contributed by atoms with Crippen LogP contribution in [0.25, 0.3) is 0 Å². The molecule has 5 heteroatoms. The molecule has 1 aromatic rings. The molecule has 0 bridgehead atoms. The predicted octanol–water partition coefficient (Wildman–Crippen LogP) is 1.35. The summed E-state index contributed by atoms with van der Waals surface area (Å²) in [6.07, 6.45) is 3.27. The number of rotatable bonds is 5. The van der Waals surface area contributed by atoms with Crippen LogP contribution in [0.15, 0.2) is 18.5 Å². The van der Waals surface area contributed by atoms with Crippen LogP contribution in [0.4, 0.5) is 0 Å². The topological polar surface area (TPSA) is 54.0 Å². The quantitative estimate of drug-likeness (QED) is 0.818. The maximum atomic E-state index is 11.4. The van der Waals surface area contributed by atoms with Gasteiger partial charge >= 0.3 is 0 Å². The molecule has 0 spiro atoms. The van der Waals surface area contributed by atoms with Crippen molar-refractivity contribution in [3.8, 4) is 0 Å². The van der Waals surface area contributed by atoms with E-state index in [0.717, 1.165) is 5.56 Å². The Bertz CT molecular complexity index is 357. The summed E-state index contributed by atoms with van der Waals surface area (Å²) in [6.45, 7) is 4.91. The molecule has 1 amide bonds. The molecular weight excluding hydrogens is 226 g/mol. The van der Waals surface area contributed by atoms with Gasteiger partial charge in [-0.25, -0.2) is 0 Å². The van der Waals surface area contributed by atoms with Crippen LogP contribution in [0.2, 0.25) is 5.02 Å². The third-order valence-electron chi connectivity index (χ3n) is 2.20. The van der Waals surface area contributed by atoms with Crippen LogP contribution in [0, 0.1) is 0 Å². The minimum atomic E-state index is -0.232. The number of halogens is 1. The third kappa shape index (κ3) is 3.79. The lowest BCUT2D eigenvalue weighted by molar-refractivity contribution is -0.122. The van der Waals surface area contributed by atoms with Gasteiger partial charge in [-0.05, 0) is 25.5 Å². The summed E-state index contributed by atoms with van der Waals surface area (Å²) >= 11 is 5.95. The Labute approximate surface area is 100 Å². The van der Waals surface area contributed by atoms with Gasteiger partial charge in [0, 0.05) is 25.5 Å². The first kappa shape index (κ1) is 12.9. The van der Waals surface area contributed by atoms with Crippen molar-refractivity contribution < 1.29 is 4.79 Å². The summed E-state index contributed by atoms with van der Waals surface area (Å²) in [7, 11) is 0. The van der Waals surface area contributed by atoms with Crippen LogP contribution in [0.3, 0.4) is 0 Å². The monoisotopic (exact) mass is 241 g/mol. The minimum Gasteiger partial charge on any atom is -0.355 e. The summed E-state index contributed by atoms with van der Waals surface area (Å²) < 4.78 is 0.